The van der Waals surface area contributed by atoms with Gasteiger partial charge in [-0.15, -0.1) is 23.2 Å². The van der Waals surface area contributed by atoms with Crippen LogP contribution in [0.1, 0.15) is 19.3 Å². The summed E-state index contributed by atoms with van der Waals surface area (Å²) in [5.74, 6) is 0. The maximum Gasteiger partial charge on any atom is 0.0860 e. The van der Waals surface area contributed by atoms with Crippen molar-refractivity contribution in [3.05, 3.63) is 0 Å². The Balaban J connectivity index is 2.44. The number of halogens is 2. The van der Waals surface area contributed by atoms with Crippen LogP contribution in [0.15, 0.2) is 0 Å². The van der Waals surface area contributed by atoms with Gasteiger partial charge in [-0.25, -0.2) is 0 Å². The molecule has 0 aliphatic carbocycles. The lowest BCUT2D eigenvalue weighted by Gasteiger charge is -2.30. The van der Waals surface area contributed by atoms with Gasteiger partial charge >= 0.3 is 0 Å². The smallest absolute Gasteiger partial charge is 0.0860 e. The number of alkyl halides is 2. The van der Waals surface area contributed by atoms with E-state index in [4.69, 9.17) is 23.2 Å². The molecule has 0 bridgehead atoms. The number of hydrogen-bond donors (Lipinski definition) is 0. The van der Waals surface area contributed by atoms with E-state index in [1.54, 1.807) is 0 Å². The molecule has 0 radical (unpaired) electrons. The Hall–Kier alpha value is 0.797. The third kappa shape index (κ3) is 1.90. The van der Waals surface area contributed by atoms with Gasteiger partial charge in [-0.05, 0) is 0 Å². The molecule has 1 aliphatic rings. The fraction of sp³-hybridized carbons (Fsp3) is 1.00. The Morgan fingerprint density at radius 2 is 1.40 bits per heavy atom. The van der Waals surface area contributed by atoms with Crippen molar-refractivity contribution in [1.82, 2.24) is 0 Å². The predicted molar refractivity (Wildman–Crippen MR) is 50.7 cm³/mol. The lowest BCUT2D eigenvalue weighted by atomic mass is 10.3. The molecule has 1 saturated heterocycles. The van der Waals surface area contributed by atoms with Crippen LogP contribution in [0.4, 0.5) is 0 Å². The molecule has 1 heterocycles. The van der Waals surface area contributed by atoms with Crippen molar-refractivity contribution in [1.29, 1.82) is 0 Å². The summed E-state index contributed by atoms with van der Waals surface area (Å²) < 4.78 is 0. The topological polar surface area (TPSA) is 0 Å². The summed E-state index contributed by atoms with van der Waals surface area (Å²) in [7, 11) is -1.10. The highest BCUT2D eigenvalue weighted by Crippen LogP contribution is 2.30. The Labute approximate surface area is 73.9 Å². The maximum absolute atomic E-state index is 5.91. The first-order chi connectivity index (χ1) is 4.83. The van der Waals surface area contributed by atoms with Crippen LogP contribution in [0, 0.1) is 0 Å². The average Bonchev–Trinajstić information content (AvgIpc) is 2.06. The third-order valence-corrected chi connectivity index (χ3v) is 9.85. The molecular weight excluding hydrogens is 183 g/mol. The van der Waals surface area contributed by atoms with Gasteiger partial charge in [-0.3, -0.25) is 0 Å². The van der Waals surface area contributed by atoms with Gasteiger partial charge in [-0.2, -0.15) is 0 Å². The van der Waals surface area contributed by atoms with Gasteiger partial charge in [0.1, 0.15) is 0 Å². The second-order valence-corrected chi connectivity index (χ2v) is 9.47. The van der Waals surface area contributed by atoms with Crippen LogP contribution in [0.25, 0.3) is 0 Å². The Morgan fingerprint density at radius 3 is 1.70 bits per heavy atom. The summed E-state index contributed by atoms with van der Waals surface area (Å²) in [6.07, 6.45) is 4.17. The molecule has 60 valence electrons. The van der Waals surface area contributed by atoms with E-state index in [-0.39, 0.29) is 0 Å². The lowest BCUT2D eigenvalue weighted by molar-refractivity contribution is 0.711. The molecule has 10 heavy (non-hydrogen) atoms. The minimum Gasteiger partial charge on any atom is -0.130 e. The Morgan fingerprint density at radius 1 is 0.900 bits per heavy atom. The van der Waals surface area contributed by atoms with Crippen LogP contribution in [0.5, 0.6) is 0 Å². The summed E-state index contributed by atoms with van der Waals surface area (Å²) in [4.78, 5) is 0. The van der Waals surface area contributed by atoms with Crippen molar-refractivity contribution in [2.45, 2.75) is 31.4 Å². The molecule has 0 unspecified atom stereocenters. The highest BCUT2D eigenvalue weighted by Gasteiger charge is 2.32. The molecular formula is C7H14Cl2Si. The third-order valence-electron chi connectivity index (χ3n) is 2.48. The first-order valence-electron chi connectivity index (χ1n) is 3.95. The van der Waals surface area contributed by atoms with Gasteiger partial charge in [0.2, 0.25) is 0 Å². The van der Waals surface area contributed by atoms with Crippen LogP contribution in [-0.4, -0.2) is 19.1 Å². The van der Waals surface area contributed by atoms with E-state index in [1.165, 1.54) is 31.4 Å². The molecule has 0 nitrogen and oxygen atoms in total. The molecule has 1 rings (SSSR count). The molecule has 0 aromatic carbocycles. The van der Waals surface area contributed by atoms with Crippen molar-refractivity contribution in [2.24, 2.45) is 0 Å². The van der Waals surface area contributed by atoms with E-state index in [2.05, 4.69) is 0 Å². The van der Waals surface area contributed by atoms with Gasteiger partial charge in [0.05, 0.1) is 8.07 Å². The number of rotatable bonds is 2. The van der Waals surface area contributed by atoms with Crippen molar-refractivity contribution in [3.63, 3.8) is 0 Å². The van der Waals surface area contributed by atoms with Gasteiger partial charge in [0.25, 0.3) is 0 Å². The first kappa shape index (κ1) is 8.89. The van der Waals surface area contributed by atoms with Gasteiger partial charge < -0.3 is 0 Å². The molecule has 0 N–H and O–H groups in total. The van der Waals surface area contributed by atoms with Crippen molar-refractivity contribution >= 4 is 31.3 Å². The van der Waals surface area contributed by atoms with Crippen LogP contribution < -0.4 is 0 Å². The quantitative estimate of drug-likeness (QED) is 0.471. The van der Waals surface area contributed by atoms with Crippen LogP contribution in [-0.2, 0) is 0 Å². The van der Waals surface area contributed by atoms with E-state index in [9.17, 15) is 0 Å². The van der Waals surface area contributed by atoms with Crippen LogP contribution in [0.3, 0.4) is 0 Å². The summed E-state index contributed by atoms with van der Waals surface area (Å²) in [5, 5.41) is 0. The van der Waals surface area contributed by atoms with Crippen molar-refractivity contribution in [2.75, 3.05) is 11.0 Å². The predicted octanol–water partition coefficient (Wildman–Crippen LogP) is 3.18. The monoisotopic (exact) mass is 196 g/mol. The zero-order valence-electron chi connectivity index (χ0n) is 6.21. The molecule has 0 spiro atoms. The molecule has 1 fully saturated rings. The lowest BCUT2D eigenvalue weighted by Crippen LogP contribution is -2.41. The second-order valence-electron chi connectivity index (χ2n) is 3.33. The molecule has 0 aromatic heterocycles. The summed E-state index contributed by atoms with van der Waals surface area (Å²) in [6.45, 7) is 0. The first-order valence-corrected chi connectivity index (χ1v) is 7.85. The largest absolute Gasteiger partial charge is 0.130 e. The van der Waals surface area contributed by atoms with E-state index in [0.29, 0.717) is 0 Å². The summed E-state index contributed by atoms with van der Waals surface area (Å²) in [6, 6.07) is 2.75. The highest BCUT2D eigenvalue weighted by molar-refractivity contribution is 6.89. The summed E-state index contributed by atoms with van der Waals surface area (Å²) >= 11 is 11.8. The van der Waals surface area contributed by atoms with Crippen LogP contribution in [0.2, 0.25) is 12.1 Å². The van der Waals surface area contributed by atoms with Gasteiger partial charge in [-0.1, -0.05) is 31.4 Å². The van der Waals surface area contributed by atoms with Crippen molar-refractivity contribution in [3.8, 4) is 0 Å². The average molecular weight is 197 g/mol. The molecule has 0 amide bonds. The van der Waals surface area contributed by atoms with Gasteiger partial charge in [0.15, 0.2) is 0 Å². The van der Waals surface area contributed by atoms with E-state index in [0.717, 1.165) is 11.0 Å². The normalized spacial score (nSPS) is 24.6. The molecule has 3 heteroatoms. The van der Waals surface area contributed by atoms with E-state index >= 15 is 0 Å². The minimum atomic E-state index is -1.10. The molecule has 0 atom stereocenters. The zero-order valence-corrected chi connectivity index (χ0v) is 8.72. The van der Waals surface area contributed by atoms with Crippen LogP contribution >= 0.6 is 23.2 Å². The summed E-state index contributed by atoms with van der Waals surface area (Å²) in [5.41, 5.74) is 1.77. The SMILES string of the molecule is ClC[Si]1(CCl)CCCCC1. The van der Waals surface area contributed by atoms with Gasteiger partial charge in [0, 0.05) is 11.0 Å². The maximum atomic E-state index is 5.91. The molecule has 0 saturated carbocycles. The Bertz CT molecular complexity index is 93.8. The molecule has 0 aromatic rings. The standard InChI is InChI=1S/C7H14Cl2Si/c8-6-10(7-9)4-2-1-3-5-10/h1-7H2. The highest BCUT2D eigenvalue weighted by atomic mass is 35.5. The Kier molecular flexibility index (Phi) is 3.54. The van der Waals surface area contributed by atoms with E-state index in [1.807, 2.05) is 0 Å². The number of hydrogen-bond acceptors (Lipinski definition) is 0. The fourth-order valence-corrected chi connectivity index (χ4v) is 6.92. The van der Waals surface area contributed by atoms with Crippen molar-refractivity contribution < 1.29 is 0 Å². The molecule has 1 aliphatic heterocycles. The zero-order chi connectivity index (χ0) is 7.45. The fourth-order valence-electron chi connectivity index (χ4n) is 1.60. The van der Waals surface area contributed by atoms with E-state index < -0.39 is 8.07 Å². The second kappa shape index (κ2) is 3.98. The minimum absolute atomic E-state index is 0.885.